The van der Waals surface area contributed by atoms with Crippen LogP contribution in [0, 0.1) is 10.1 Å². The van der Waals surface area contributed by atoms with Crippen LogP contribution in [-0.4, -0.2) is 73.6 Å². The minimum absolute atomic E-state index is 0.0131. The molecule has 1 aromatic carbocycles. The molecule has 0 aliphatic carbocycles. The summed E-state index contributed by atoms with van der Waals surface area (Å²) >= 11 is 0. The zero-order valence-corrected chi connectivity index (χ0v) is 13.9. The van der Waals surface area contributed by atoms with Gasteiger partial charge in [0, 0.05) is 58.5 Å². The quantitative estimate of drug-likeness (QED) is 0.422. The molecule has 8 heteroatoms. The average molecular weight is 336 g/mol. The van der Waals surface area contributed by atoms with Gasteiger partial charge >= 0.3 is 0 Å². The van der Waals surface area contributed by atoms with Gasteiger partial charge in [-0.3, -0.25) is 24.7 Å². The molecular weight excluding hydrogens is 312 g/mol. The smallest absolute Gasteiger partial charge is 0.269 e. The predicted octanol–water partition coefficient (Wildman–Crippen LogP) is 0.475. The average Bonchev–Trinajstić information content (AvgIpc) is 2.57. The van der Waals surface area contributed by atoms with Crippen LogP contribution in [0.4, 0.5) is 5.69 Å². The third kappa shape index (κ3) is 5.88. The molecule has 0 saturated carbocycles. The Morgan fingerprint density at radius 1 is 1.29 bits per heavy atom. The molecule has 1 amide bonds. The molecule has 0 atom stereocenters. The van der Waals surface area contributed by atoms with Crippen LogP contribution in [0.2, 0.25) is 0 Å². The van der Waals surface area contributed by atoms with Gasteiger partial charge in [0.05, 0.1) is 18.1 Å². The molecule has 1 saturated heterocycles. The molecule has 0 radical (unpaired) electrons. The number of nitrogens with one attached hydrogen (secondary N) is 1. The normalized spacial score (nSPS) is 16.0. The molecule has 1 aliphatic heterocycles. The van der Waals surface area contributed by atoms with E-state index in [2.05, 4.69) is 15.1 Å². The van der Waals surface area contributed by atoms with Crippen LogP contribution in [0.5, 0.6) is 0 Å². The summed E-state index contributed by atoms with van der Waals surface area (Å²) in [5, 5.41) is 13.6. The van der Waals surface area contributed by atoms with Crippen molar-refractivity contribution in [1.82, 2.24) is 15.1 Å². The molecule has 8 nitrogen and oxygen atoms in total. The molecule has 0 unspecified atom stereocenters. The van der Waals surface area contributed by atoms with Gasteiger partial charge in [0.2, 0.25) is 5.91 Å². The first kappa shape index (κ1) is 18.3. The number of nitrogens with zero attached hydrogens (tertiary/aromatic N) is 3. The lowest BCUT2D eigenvalue weighted by Crippen LogP contribution is -2.49. The Morgan fingerprint density at radius 3 is 2.67 bits per heavy atom. The number of hydrogen-bond donors (Lipinski definition) is 1. The highest BCUT2D eigenvalue weighted by Crippen LogP contribution is 2.15. The molecule has 0 aromatic heterocycles. The largest absolute Gasteiger partial charge is 0.383 e. The molecule has 0 bridgehead atoms. The zero-order valence-electron chi connectivity index (χ0n) is 13.9. The highest BCUT2D eigenvalue weighted by atomic mass is 16.6. The summed E-state index contributed by atoms with van der Waals surface area (Å²) in [6.45, 7) is 5.44. The van der Waals surface area contributed by atoms with Crippen molar-refractivity contribution in [3.8, 4) is 0 Å². The van der Waals surface area contributed by atoms with Crippen LogP contribution >= 0.6 is 0 Å². The molecule has 0 spiro atoms. The predicted molar refractivity (Wildman–Crippen MR) is 89.7 cm³/mol. The van der Waals surface area contributed by atoms with Crippen molar-refractivity contribution < 1.29 is 14.5 Å². The van der Waals surface area contributed by atoms with E-state index in [1.165, 1.54) is 6.07 Å². The summed E-state index contributed by atoms with van der Waals surface area (Å²) in [6.07, 6.45) is 0. The van der Waals surface area contributed by atoms with Gasteiger partial charge in [0.25, 0.3) is 5.69 Å². The number of benzene rings is 1. The number of non-ortho nitro benzene ring substituents is 1. The van der Waals surface area contributed by atoms with Crippen LogP contribution < -0.4 is 5.32 Å². The minimum atomic E-state index is -0.371. The summed E-state index contributed by atoms with van der Waals surface area (Å²) in [6, 6.07) is 6.75. The summed E-state index contributed by atoms with van der Waals surface area (Å²) < 4.78 is 4.90. The Bertz CT molecular complexity index is 559. The third-order valence-corrected chi connectivity index (χ3v) is 3.99. The molecule has 24 heavy (non-hydrogen) atoms. The summed E-state index contributed by atoms with van der Waals surface area (Å²) in [7, 11) is 1.60. The fourth-order valence-electron chi connectivity index (χ4n) is 2.68. The highest BCUT2D eigenvalue weighted by Gasteiger charge is 2.19. The SMILES string of the molecule is COCCNC(=O)CN1CCN(Cc2cccc([N+](=O)[O-])c2)CC1. The number of hydrogen-bond acceptors (Lipinski definition) is 6. The van der Waals surface area contributed by atoms with Crippen molar-refractivity contribution in [1.29, 1.82) is 0 Å². The van der Waals surface area contributed by atoms with E-state index in [0.29, 0.717) is 26.2 Å². The fraction of sp³-hybridized carbons (Fsp3) is 0.562. The van der Waals surface area contributed by atoms with E-state index in [-0.39, 0.29) is 16.5 Å². The summed E-state index contributed by atoms with van der Waals surface area (Å²) in [4.78, 5) is 26.6. The second-order valence-corrected chi connectivity index (χ2v) is 5.82. The van der Waals surface area contributed by atoms with Crippen LogP contribution in [0.1, 0.15) is 5.56 Å². The van der Waals surface area contributed by atoms with Crippen molar-refractivity contribution >= 4 is 11.6 Å². The van der Waals surface area contributed by atoms with Gasteiger partial charge in [-0.15, -0.1) is 0 Å². The molecule has 2 rings (SSSR count). The number of amides is 1. The van der Waals surface area contributed by atoms with E-state index in [1.807, 2.05) is 6.07 Å². The molecule has 1 heterocycles. The zero-order chi connectivity index (χ0) is 17.4. The number of ether oxygens (including phenoxy) is 1. The van der Waals surface area contributed by atoms with E-state index in [0.717, 1.165) is 31.7 Å². The summed E-state index contributed by atoms with van der Waals surface area (Å²) in [5.41, 5.74) is 1.06. The van der Waals surface area contributed by atoms with Crippen LogP contribution in [0.25, 0.3) is 0 Å². The van der Waals surface area contributed by atoms with Gasteiger partial charge in [-0.2, -0.15) is 0 Å². The van der Waals surface area contributed by atoms with Crippen molar-refractivity contribution in [3.63, 3.8) is 0 Å². The van der Waals surface area contributed by atoms with Crippen molar-refractivity contribution in [2.75, 3.05) is 53.0 Å². The lowest BCUT2D eigenvalue weighted by molar-refractivity contribution is -0.384. The first-order valence-electron chi connectivity index (χ1n) is 8.02. The molecule has 1 N–H and O–H groups in total. The maximum Gasteiger partial charge on any atom is 0.269 e. The van der Waals surface area contributed by atoms with Crippen molar-refractivity contribution in [2.24, 2.45) is 0 Å². The van der Waals surface area contributed by atoms with Gasteiger partial charge < -0.3 is 10.1 Å². The second kappa shape index (κ2) is 9.31. The van der Waals surface area contributed by atoms with E-state index >= 15 is 0 Å². The lowest BCUT2D eigenvalue weighted by Gasteiger charge is -2.34. The molecule has 1 aliphatic rings. The Labute approximate surface area is 141 Å². The van der Waals surface area contributed by atoms with E-state index in [9.17, 15) is 14.9 Å². The maximum atomic E-state index is 11.8. The van der Waals surface area contributed by atoms with E-state index < -0.39 is 0 Å². The summed E-state index contributed by atoms with van der Waals surface area (Å²) in [5.74, 6) is 0.0131. The van der Waals surface area contributed by atoms with Crippen molar-refractivity contribution in [3.05, 3.63) is 39.9 Å². The number of rotatable bonds is 8. The maximum absolute atomic E-state index is 11.8. The molecule has 132 valence electrons. The van der Waals surface area contributed by atoms with Gasteiger partial charge in [0.15, 0.2) is 0 Å². The van der Waals surface area contributed by atoms with Gasteiger partial charge in [-0.05, 0) is 5.56 Å². The van der Waals surface area contributed by atoms with Crippen LogP contribution in [0.15, 0.2) is 24.3 Å². The van der Waals surface area contributed by atoms with E-state index in [4.69, 9.17) is 4.74 Å². The second-order valence-electron chi connectivity index (χ2n) is 5.82. The van der Waals surface area contributed by atoms with Gasteiger partial charge in [0.1, 0.15) is 0 Å². The first-order chi connectivity index (χ1) is 11.6. The van der Waals surface area contributed by atoms with Gasteiger partial charge in [-0.1, -0.05) is 12.1 Å². The first-order valence-corrected chi connectivity index (χ1v) is 8.02. The van der Waals surface area contributed by atoms with Gasteiger partial charge in [-0.25, -0.2) is 0 Å². The number of methoxy groups -OCH3 is 1. The van der Waals surface area contributed by atoms with Crippen LogP contribution in [0.3, 0.4) is 0 Å². The van der Waals surface area contributed by atoms with E-state index in [1.54, 1.807) is 19.2 Å². The van der Waals surface area contributed by atoms with Crippen LogP contribution in [-0.2, 0) is 16.1 Å². The molecule has 1 aromatic rings. The molecule has 1 fully saturated rings. The Kier molecular flexibility index (Phi) is 7.10. The molecular formula is C16H24N4O4. The monoisotopic (exact) mass is 336 g/mol. The number of nitro benzene ring substituents is 1. The standard InChI is InChI=1S/C16H24N4O4/c1-24-10-5-17-16(21)13-19-8-6-18(7-9-19)12-14-3-2-4-15(11-14)20(22)23/h2-4,11H,5-10,12-13H2,1H3,(H,17,21). The Morgan fingerprint density at radius 2 is 2.00 bits per heavy atom. The third-order valence-electron chi connectivity index (χ3n) is 3.99. The topological polar surface area (TPSA) is 88.0 Å². The number of nitro groups is 1. The number of carbonyl (C=O) groups is 1. The number of carbonyl (C=O) groups excluding carboxylic acids is 1. The number of piperazine rings is 1. The Balaban J connectivity index is 1.73. The lowest BCUT2D eigenvalue weighted by atomic mass is 10.1. The highest BCUT2D eigenvalue weighted by molar-refractivity contribution is 5.78. The Hall–Kier alpha value is -2.03. The van der Waals surface area contributed by atoms with Crippen molar-refractivity contribution in [2.45, 2.75) is 6.54 Å². The minimum Gasteiger partial charge on any atom is -0.383 e. The fourth-order valence-corrected chi connectivity index (χ4v) is 2.68.